The Kier molecular flexibility index (Phi) is 14.4. The van der Waals surface area contributed by atoms with Gasteiger partial charge in [0.25, 0.3) is 0 Å². The van der Waals surface area contributed by atoms with Crippen LogP contribution in [0.2, 0.25) is 0 Å². The van der Waals surface area contributed by atoms with Gasteiger partial charge in [-0.3, -0.25) is 0 Å². The summed E-state index contributed by atoms with van der Waals surface area (Å²) in [5.74, 6) is 0.638. The van der Waals surface area contributed by atoms with Gasteiger partial charge in [0.15, 0.2) is 11.3 Å². The fourth-order valence-corrected chi connectivity index (χ4v) is 16.1. The second-order valence-electron chi connectivity index (χ2n) is 26.6. The van der Waals surface area contributed by atoms with E-state index in [4.69, 9.17) is 24.2 Å². The summed E-state index contributed by atoms with van der Waals surface area (Å²) < 4.78 is 27.7. The first-order chi connectivity index (χ1) is 52.0. The van der Waals surface area contributed by atoms with Crippen molar-refractivity contribution in [3.05, 3.63) is 370 Å². The number of hydrogen-bond acceptors (Lipinski definition) is 8. The molecule has 0 N–H and O–H groups in total. The highest BCUT2D eigenvalue weighted by Crippen LogP contribution is 2.53. The summed E-state index contributed by atoms with van der Waals surface area (Å²) in [7, 11) is 0. The van der Waals surface area contributed by atoms with Gasteiger partial charge in [-0.05, 0) is 173 Å². The van der Waals surface area contributed by atoms with Crippen LogP contribution in [0.4, 0.5) is 62.6 Å². The van der Waals surface area contributed by atoms with E-state index in [-0.39, 0.29) is 0 Å². The molecule has 16 aromatic carbocycles. The summed E-state index contributed by atoms with van der Waals surface area (Å²) in [5, 5.41) is 13.7. The minimum atomic E-state index is 0.638. The van der Waals surface area contributed by atoms with Gasteiger partial charge in [0.1, 0.15) is 33.5 Å². The normalized spacial score (nSPS) is 11.9. The van der Waals surface area contributed by atoms with E-state index >= 15 is 0 Å². The Hall–Kier alpha value is -14.1. The highest BCUT2D eigenvalue weighted by Gasteiger charge is 2.30. The molecule has 0 unspecified atom stereocenters. The average Bonchev–Trinajstić information content (AvgIpc) is 1.71. The number of hydrogen-bond donors (Lipinski definition) is 0. The zero-order valence-electron chi connectivity index (χ0n) is 57.2. The lowest BCUT2D eigenvalue weighted by atomic mass is 9.91. The summed E-state index contributed by atoms with van der Waals surface area (Å²) in [5.41, 5.74) is 19.9. The Labute approximate surface area is 604 Å². The van der Waals surface area contributed by atoms with Crippen LogP contribution in [-0.4, -0.2) is 0 Å². The molecule has 20 aromatic rings. The Bertz CT molecular complexity index is 6820. The van der Waals surface area contributed by atoms with Gasteiger partial charge < -0.3 is 37.3 Å². The van der Waals surface area contributed by atoms with Gasteiger partial charge in [-0.2, -0.15) is 0 Å². The highest BCUT2D eigenvalue weighted by atomic mass is 16.3. The minimum Gasteiger partial charge on any atom is -0.456 e. The molecule has 0 bridgehead atoms. The third-order valence-corrected chi connectivity index (χ3v) is 20.6. The Morgan fingerprint density at radius 1 is 0.286 bits per heavy atom. The number of anilines is 11. The minimum absolute atomic E-state index is 0.638. The predicted molar refractivity (Wildman–Crippen MR) is 439 cm³/mol. The van der Waals surface area contributed by atoms with Crippen molar-refractivity contribution in [3.63, 3.8) is 0 Å². The van der Waals surface area contributed by atoms with Crippen LogP contribution < -0.4 is 19.6 Å². The molecule has 8 heteroatoms. The largest absolute Gasteiger partial charge is 0.456 e. The highest BCUT2D eigenvalue weighted by molar-refractivity contribution is 6.23. The van der Waals surface area contributed by atoms with Crippen LogP contribution in [0.5, 0.6) is 0 Å². The molecule has 20 rings (SSSR count). The van der Waals surface area contributed by atoms with E-state index < -0.39 is 0 Å². The van der Waals surface area contributed by atoms with Crippen LogP contribution in [0.15, 0.2) is 376 Å². The second-order valence-corrected chi connectivity index (χ2v) is 26.6. The number of allylic oxidation sites excluding steroid dienone is 1. The SMILES string of the molecule is C=C(c1oc2cccc(N(c3ccc4c(c3)oc3ccccc34)c3cccc4ccccc34)c2c1/C=C\C)N(c1ccccc1)c1cccc(-c2cccc3c(N(c4ccc5oc6ccccc6c5c4)c4cccc5oc6c(N(c7ccccc7)c7ccccc7)cccc6c45)cc4ccccc4c23)c1. The number of fused-ring (bicyclic) bond motifs is 14. The molecule has 0 spiro atoms. The first kappa shape index (κ1) is 60.8. The molecule has 0 aliphatic carbocycles. The Morgan fingerprint density at radius 2 is 0.790 bits per heavy atom. The summed E-state index contributed by atoms with van der Waals surface area (Å²) in [6.07, 6.45) is 4.25. The lowest BCUT2D eigenvalue weighted by molar-refractivity contribution is 0.597. The molecule has 0 amide bonds. The maximum absolute atomic E-state index is 7.31. The van der Waals surface area contributed by atoms with Crippen LogP contribution in [0.3, 0.4) is 0 Å². The summed E-state index contributed by atoms with van der Waals surface area (Å²) in [6, 6.07) is 122. The fraction of sp³-hybridized carbons (Fsp3) is 0.0103. The lowest BCUT2D eigenvalue weighted by Gasteiger charge is -2.29. The van der Waals surface area contributed by atoms with E-state index in [1.54, 1.807) is 0 Å². The van der Waals surface area contributed by atoms with E-state index in [0.29, 0.717) is 11.5 Å². The van der Waals surface area contributed by atoms with E-state index in [2.05, 4.69) is 360 Å². The molecule has 4 heterocycles. The molecule has 0 aliphatic heterocycles. The zero-order chi connectivity index (χ0) is 69.6. The molecular weight excluding hydrogens is 1290 g/mol. The van der Waals surface area contributed by atoms with Crippen LogP contribution in [0, 0.1) is 0 Å². The van der Waals surface area contributed by atoms with Gasteiger partial charge >= 0.3 is 0 Å². The van der Waals surface area contributed by atoms with Crippen molar-refractivity contribution < 1.29 is 17.7 Å². The molecule has 0 aliphatic rings. The fourth-order valence-electron chi connectivity index (χ4n) is 16.1. The van der Waals surface area contributed by atoms with E-state index in [0.717, 1.165) is 188 Å². The quantitative estimate of drug-likeness (QED) is 0.0941. The van der Waals surface area contributed by atoms with Gasteiger partial charge in [-0.25, -0.2) is 0 Å². The molecule has 0 atom stereocenters. The predicted octanol–water partition coefficient (Wildman–Crippen LogP) is 28.5. The number of furan rings is 4. The Morgan fingerprint density at radius 3 is 1.54 bits per heavy atom. The lowest BCUT2D eigenvalue weighted by Crippen LogP contribution is -2.15. The monoisotopic (exact) mass is 1350 g/mol. The van der Waals surface area contributed by atoms with Crippen molar-refractivity contribution in [3.8, 4) is 11.1 Å². The summed E-state index contributed by atoms with van der Waals surface area (Å²) in [6.45, 7) is 7.11. The van der Waals surface area contributed by atoms with E-state index in [1.165, 1.54) is 0 Å². The third-order valence-electron chi connectivity index (χ3n) is 20.6. The van der Waals surface area contributed by atoms with Crippen LogP contribution in [0.1, 0.15) is 18.2 Å². The van der Waals surface area contributed by atoms with Crippen LogP contribution >= 0.6 is 0 Å². The van der Waals surface area contributed by atoms with Crippen molar-refractivity contribution in [1.82, 2.24) is 0 Å². The third kappa shape index (κ3) is 10.1. The van der Waals surface area contributed by atoms with Crippen molar-refractivity contribution in [2.75, 3.05) is 19.6 Å². The number of benzene rings is 16. The van der Waals surface area contributed by atoms with Gasteiger partial charge in [0.05, 0.1) is 44.9 Å². The Balaban J connectivity index is 0.765. The molecule has 496 valence electrons. The zero-order valence-corrected chi connectivity index (χ0v) is 57.2. The van der Waals surface area contributed by atoms with Crippen molar-refractivity contribution in [2.45, 2.75) is 6.92 Å². The van der Waals surface area contributed by atoms with E-state index in [9.17, 15) is 0 Å². The van der Waals surface area contributed by atoms with Crippen molar-refractivity contribution >= 4 is 183 Å². The van der Waals surface area contributed by atoms with Crippen molar-refractivity contribution in [1.29, 1.82) is 0 Å². The number of para-hydroxylation sites is 6. The standard InChI is InChI=1S/C97H64N4O4/c1-3-27-79-94-83(100(82-46-22-30-63-28-13-15-39-72(63)82)71-54-56-77-75-41-17-19-50-87(75)103-92(77)61-71)47-25-52-90(94)104-96(79)62(2)98(66-32-7-4-8-33-66)69-38-21-31-64(58-69)74-43-23-44-78-86(59-65-29-14-16-40-73(65)93(74)78)101(70-55-57-89-81(60-70)76-42-18-20-51-88(76)102-89)84-48-26-53-91-95(84)80-45-24-49-85(97(80)105-91)99(67-34-9-5-10-35-67)68-36-11-6-12-37-68/h3-61H,2H2,1H3/b27-3-. The molecule has 0 saturated heterocycles. The molecule has 0 radical (unpaired) electrons. The van der Waals surface area contributed by atoms with Crippen LogP contribution in [0.25, 0.3) is 132 Å². The molecule has 4 aromatic heterocycles. The number of rotatable bonds is 15. The summed E-state index contributed by atoms with van der Waals surface area (Å²) in [4.78, 5) is 9.31. The van der Waals surface area contributed by atoms with Gasteiger partial charge in [0.2, 0.25) is 0 Å². The maximum Gasteiger partial charge on any atom is 0.159 e. The average molecular weight is 1350 g/mol. The first-order valence-electron chi connectivity index (χ1n) is 35.5. The molecule has 105 heavy (non-hydrogen) atoms. The van der Waals surface area contributed by atoms with Gasteiger partial charge in [0, 0.05) is 83.5 Å². The summed E-state index contributed by atoms with van der Waals surface area (Å²) >= 11 is 0. The molecule has 8 nitrogen and oxygen atoms in total. The number of nitrogens with zero attached hydrogens (tertiary/aromatic N) is 4. The van der Waals surface area contributed by atoms with Gasteiger partial charge in [-0.15, -0.1) is 0 Å². The van der Waals surface area contributed by atoms with Crippen molar-refractivity contribution in [2.24, 2.45) is 0 Å². The van der Waals surface area contributed by atoms with Crippen LogP contribution in [-0.2, 0) is 0 Å². The maximum atomic E-state index is 7.31. The smallest absolute Gasteiger partial charge is 0.159 e. The van der Waals surface area contributed by atoms with Gasteiger partial charge in [-0.1, -0.05) is 225 Å². The molecule has 0 fully saturated rings. The first-order valence-corrected chi connectivity index (χ1v) is 35.5. The molecule has 0 saturated carbocycles. The second kappa shape index (κ2) is 24.9. The molecular formula is C97H64N4O4. The van der Waals surface area contributed by atoms with E-state index in [1.807, 2.05) is 24.3 Å². The topological polar surface area (TPSA) is 65.5 Å².